The molecule has 8 heteroatoms. The number of methoxy groups -OCH3 is 2. The van der Waals surface area contributed by atoms with Crippen molar-refractivity contribution in [3.8, 4) is 23.0 Å². The number of rotatable bonds is 10. The Hall–Kier alpha value is -7.06. The maximum atomic E-state index is 13.8. The van der Waals surface area contributed by atoms with Crippen LogP contribution in [0, 0.1) is 0 Å². The van der Waals surface area contributed by atoms with Crippen LogP contribution in [0.3, 0.4) is 0 Å². The minimum Gasteiger partial charge on any atom is -0.497 e. The molecule has 0 N–H and O–H groups in total. The Morgan fingerprint density at radius 1 is 0.404 bits per heavy atom. The molecule has 7 rings (SSSR count). The van der Waals surface area contributed by atoms with E-state index in [1.54, 1.807) is 97.1 Å². The summed E-state index contributed by atoms with van der Waals surface area (Å²) in [5.74, 6) is -0.874. The highest BCUT2D eigenvalue weighted by Gasteiger charge is 2.24. The van der Waals surface area contributed by atoms with E-state index in [2.05, 4.69) is 0 Å². The molecule has 0 aliphatic carbocycles. The van der Waals surface area contributed by atoms with Crippen LogP contribution in [-0.2, 0) is 0 Å². The second-order valence-corrected chi connectivity index (χ2v) is 11.8. The van der Waals surface area contributed by atoms with E-state index in [4.69, 9.17) is 18.9 Å². The number of carbonyl (C=O) groups is 4. The largest absolute Gasteiger partial charge is 0.497 e. The highest BCUT2D eigenvalue weighted by atomic mass is 16.5. The van der Waals surface area contributed by atoms with Crippen LogP contribution in [0.1, 0.15) is 52.6 Å². The average molecular weight is 687 g/mol. The summed E-state index contributed by atoms with van der Waals surface area (Å²) < 4.78 is 22.5. The summed E-state index contributed by atoms with van der Waals surface area (Å²) in [6.07, 6.45) is 0. The minimum absolute atomic E-state index is 0.0756. The van der Waals surface area contributed by atoms with Gasteiger partial charge in [-0.1, -0.05) is 84.9 Å². The summed E-state index contributed by atoms with van der Waals surface area (Å²) in [5.41, 5.74) is 1.56. The number of ketones is 2. The van der Waals surface area contributed by atoms with Crippen molar-refractivity contribution in [1.82, 2.24) is 0 Å². The van der Waals surface area contributed by atoms with Crippen LogP contribution in [0.15, 0.2) is 146 Å². The van der Waals surface area contributed by atoms with Gasteiger partial charge in [0.1, 0.15) is 23.0 Å². The van der Waals surface area contributed by atoms with Gasteiger partial charge in [0.25, 0.3) is 0 Å². The third-order valence-electron chi connectivity index (χ3n) is 8.67. The molecule has 0 fully saturated rings. The fourth-order valence-corrected chi connectivity index (χ4v) is 5.98. The monoisotopic (exact) mass is 686 g/mol. The maximum Gasteiger partial charge on any atom is 0.343 e. The van der Waals surface area contributed by atoms with Gasteiger partial charge in [0, 0.05) is 21.9 Å². The van der Waals surface area contributed by atoms with Crippen molar-refractivity contribution in [3.63, 3.8) is 0 Å². The Kier molecular flexibility index (Phi) is 9.28. The molecule has 0 saturated carbocycles. The molecule has 0 heterocycles. The van der Waals surface area contributed by atoms with Crippen LogP contribution >= 0.6 is 0 Å². The predicted molar refractivity (Wildman–Crippen MR) is 197 cm³/mol. The molecular formula is C44H30O8. The third-order valence-corrected chi connectivity index (χ3v) is 8.67. The molecule has 7 aromatic rings. The maximum absolute atomic E-state index is 13.8. The number of carbonyl (C=O) groups excluding carboxylic acids is 4. The topological polar surface area (TPSA) is 105 Å². The van der Waals surface area contributed by atoms with Crippen molar-refractivity contribution in [3.05, 3.63) is 179 Å². The molecule has 0 spiro atoms. The average Bonchev–Trinajstić information content (AvgIpc) is 3.20. The van der Waals surface area contributed by atoms with Crippen molar-refractivity contribution in [2.24, 2.45) is 0 Å². The lowest BCUT2D eigenvalue weighted by Gasteiger charge is -2.14. The molecule has 0 unspecified atom stereocenters. The van der Waals surface area contributed by atoms with Gasteiger partial charge in [0.15, 0.2) is 11.6 Å². The van der Waals surface area contributed by atoms with E-state index in [9.17, 15) is 19.2 Å². The van der Waals surface area contributed by atoms with Crippen molar-refractivity contribution >= 4 is 45.0 Å². The highest BCUT2D eigenvalue weighted by molar-refractivity contribution is 6.20. The highest BCUT2D eigenvalue weighted by Crippen LogP contribution is 2.35. The Morgan fingerprint density at radius 2 is 0.769 bits per heavy atom. The van der Waals surface area contributed by atoms with Crippen LogP contribution in [0.2, 0.25) is 0 Å². The molecular weight excluding hydrogens is 656 g/mol. The first-order valence-corrected chi connectivity index (χ1v) is 16.3. The van der Waals surface area contributed by atoms with Gasteiger partial charge in [-0.05, 0) is 71.4 Å². The number of esters is 2. The van der Waals surface area contributed by atoms with E-state index in [0.29, 0.717) is 33.4 Å². The van der Waals surface area contributed by atoms with E-state index >= 15 is 0 Å². The lowest BCUT2D eigenvalue weighted by Crippen LogP contribution is -2.14. The first-order valence-electron chi connectivity index (χ1n) is 16.3. The Labute approximate surface area is 298 Å². The Balaban J connectivity index is 1.17. The summed E-state index contributed by atoms with van der Waals surface area (Å²) >= 11 is 0. The molecule has 254 valence electrons. The first kappa shape index (κ1) is 33.4. The Bertz CT molecular complexity index is 2310. The van der Waals surface area contributed by atoms with Gasteiger partial charge in [-0.3, -0.25) is 9.59 Å². The second-order valence-electron chi connectivity index (χ2n) is 11.8. The zero-order chi connectivity index (χ0) is 36.2. The molecule has 0 aromatic heterocycles. The molecule has 8 nitrogen and oxygen atoms in total. The number of ether oxygens (including phenoxy) is 4. The van der Waals surface area contributed by atoms with Crippen LogP contribution < -0.4 is 18.9 Å². The van der Waals surface area contributed by atoms with Crippen LogP contribution in [0.5, 0.6) is 23.0 Å². The zero-order valence-corrected chi connectivity index (χ0v) is 28.1. The van der Waals surface area contributed by atoms with Gasteiger partial charge in [-0.2, -0.15) is 0 Å². The third kappa shape index (κ3) is 6.60. The molecule has 7 aromatic carbocycles. The van der Waals surface area contributed by atoms with Gasteiger partial charge < -0.3 is 18.9 Å². The van der Waals surface area contributed by atoms with Crippen LogP contribution in [0.25, 0.3) is 21.5 Å². The summed E-state index contributed by atoms with van der Waals surface area (Å²) in [5, 5.41) is 2.66. The molecule has 0 atom stereocenters. The number of benzene rings is 7. The van der Waals surface area contributed by atoms with E-state index in [1.807, 2.05) is 24.3 Å². The number of fused-ring (bicyclic) bond motifs is 2. The van der Waals surface area contributed by atoms with Gasteiger partial charge >= 0.3 is 11.9 Å². The first-order chi connectivity index (χ1) is 25.3. The summed E-state index contributed by atoms with van der Waals surface area (Å²) in [7, 11) is 3.07. The lowest BCUT2D eigenvalue weighted by atomic mass is 9.96. The molecule has 52 heavy (non-hydrogen) atoms. The van der Waals surface area contributed by atoms with E-state index in [-0.39, 0.29) is 45.3 Å². The van der Waals surface area contributed by atoms with Gasteiger partial charge in [-0.25, -0.2) is 9.59 Å². The van der Waals surface area contributed by atoms with Gasteiger partial charge in [0.2, 0.25) is 0 Å². The van der Waals surface area contributed by atoms with Gasteiger partial charge in [-0.15, -0.1) is 0 Å². The van der Waals surface area contributed by atoms with Crippen molar-refractivity contribution < 1.29 is 38.1 Å². The standard InChI is InChI=1S/C44H30O8/c1-49-33-21-17-27-19-23-37(39(35(27)25-33)41(45)29-9-5-3-6-10-29)51-43(47)31-13-15-32(16-14-31)44(48)52-38-24-20-28-18-22-34(50-2)26-36(28)40(38)42(46)30-11-7-4-8-12-30/h3-26H,1-2H3. The lowest BCUT2D eigenvalue weighted by molar-refractivity contribution is 0.0717. The smallest absolute Gasteiger partial charge is 0.343 e. The fraction of sp³-hybridized carbons (Fsp3) is 0.0455. The number of hydrogen-bond donors (Lipinski definition) is 0. The van der Waals surface area contributed by atoms with Crippen molar-refractivity contribution in [2.45, 2.75) is 0 Å². The fourth-order valence-electron chi connectivity index (χ4n) is 5.98. The van der Waals surface area contributed by atoms with Crippen LogP contribution in [-0.4, -0.2) is 37.7 Å². The minimum atomic E-state index is -0.733. The van der Waals surface area contributed by atoms with E-state index in [1.165, 1.54) is 38.5 Å². The SMILES string of the molecule is COc1ccc2ccc(OC(=O)c3ccc(C(=O)Oc4ccc5ccc(OC)cc5c4C(=O)c4ccccc4)cc3)c(C(=O)c3ccccc3)c2c1. The van der Waals surface area contributed by atoms with Crippen molar-refractivity contribution in [1.29, 1.82) is 0 Å². The normalized spacial score (nSPS) is 10.8. The summed E-state index contributed by atoms with van der Waals surface area (Å²) in [6, 6.07) is 40.6. The summed E-state index contributed by atoms with van der Waals surface area (Å²) in [6.45, 7) is 0. The number of hydrogen-bond acceptors (Lipinski definition) is 8. The zero-order valence-electron chi connectivity index (χ0n) is 28.1. The second kappa shape index (κ2) is 14.4. The quantitative estimate of drug-likeness (QED) is 0.0798. The molecule has 0 bridgehead atoms. The van der Waals surface area contributed by atoms with E-state index < -0.39 is 11.9 Å². The predicted octanol–water partition coefficient (Wildman–Crippen LogP) is 8.91. The molecule has 0 saturated heterocycles. The molecule has 0 aliphatic rings. The van der Waals surface area contributed by atoms with E-state index in [0.717, 1.165) is 10.8 Å². The molecule has 0 aliphatic heterocycles. The molecule has 0 amide bonds. The van der Waals surface area contributed by atoms with Crippen LogP contribution in [0.4, 0.5) is 0 Å². The van der Waals surface area contributed by atoms with Gasteiger partial charge in [0.05, 0.1) is 36.5 Å². The van der Waals surface area contributed by atoms with Crippen molar-refractivity contribution in [2.75, 3.05) is 14.2 Å². The summed E-state index contributed by atoms with van der Waals surface area (Å²) in [4.78, 5) is 54.5. The Morgan fingerprint density at radius 3 is 1.13 bits per heavy atom. The molecule has 0 radical (unpaired) electrons.